The van der Waals surface area contributed by atoms with E-state index in [1.54, 1.807) is 12.1 Å². The van der Waals surface area contributed by atoms with Gasteiger partial charge in [0.15, 0.2) is 5.96 Å². The number of ether oxygens (including phenoxy) is 1. The lowest BCUT2D eigenvalue weighted by Gasteiger charge is -2.12. The topological polar surface area (TPSA) is 74.8 Å². The van der Waals surface area contributed by atoms with E-state index >= 15 is 0 Å². The molecule has 25 heavy (non-hydrogen) atoms. The fourth-order valence-corrected chi connectivity index (χ4v) is 1.99. The Morgan fingerprint density at radius 1 is 1.20 bits per heavy atom. The lowest BCUT2D eigenvalue weighted by atomic mass is 10.1. The number of carbonyl (C=O) groups excluding carboxylic acids is 1. The van der Waals surface area contributed by atoms with Crippen molar-refractivity contribution in [3.05, 3.63) is 35.6 Å². The number of aliphatic imine (C=N–C) groups is 1. The van der Waals surface area contributed by atoms with Gasteiger partial charge in [0.05, 0.1) is 19.6 Å². The van der Waals surface area contributed by atoms with Gasteiger partial charge in [-0.05, 0) is 31.5 Å². The van der Waals surface area contributed by atoms with E-state index < -0.39 is 0 Å². The third-order valence-electron chi connectivity index (χ3n) is 3.05. The standard InChI is InChI=1S/C17H27FN4O2.HI/c1-3-19-17(22-10-11-24-4-2)21-9-8-20-16(23)13-14-6-5-7-15(18)12-14;/h5-7,12H,3-4,8-11,13H2,1-2H3,(H,20,23)(H2,19,21,22);1H. The monoisotopic (exact) mass is 466 g/mol. The summed E-state index contributed by atoms with van der Waals surface area (Å²) in [6, 6.07) is 6.06. The van der Waals surface area contributed by atoms with Crippen molar-refractivity contribution in [2.24, 2.45) is 4.99 Å². The molecular weight excluding hydrogens is 438 g/mol. The summed E-state index contributed by atoms with van der Waals surface area (Å²) in [5.41, 5.74) is 0.659. The lowest BCUT2D eigenvalue weighted by molar-refractivity contribution is -0.120. The fourth-order valence-electron chi connectivity index (χ4n) is 1.99. The van der Waals surface area contributed by atoms with Crippen molar-refractivity contribution < 1.29 is 13.9 Å². The molecule has 0 saturated carbocycles. The van der Waals surface area contributed by atoms with Crippen LogP contribution in [-0.4, -0.2) is 51.3 Å². The van der Waals surface area contributed by atoms with Crippen LogP contribution in [0.25, 0.3) is 0 Å². The lowest BCUT2D eigenvalue weighted by Crippen LogP contribution is -2.42. The minimum atomic E-state index is -0.333. The Labute approximate surface area is 166 Å². The molecule has 8 heteroatoms. The zero-order chi connectivity index (χ0) is 17.6. The van der Waals surface area contributed by atoms with E-state index in [1.807, 2.05) is 13.8 Å². The Hall–Kier alpha value is -1.42. The van der Waals surface area contributed by atoms with E-state index in [4.69, 9.17) is 4.74 Å². The molecule has 1 aromatic rings. The van der Waals surface area contributed by atoms with Crippen LogP contribution in [0.4, 0.5) is 4.39 Å². The van der Waals surface area contributed by atoms with Gasteiger partial charge in [-0.15, -0.1) is 24.0 Å². The molecule has 0 bridgehead atoms. The Bertz CT molecular complexity index is 529. The maximum Gasteiger partial charge on any atom is 0.224 e. The Morgan fingerprint density at radius 3 is 2.64 bits per heavy atom. The summed E-state index contributed by atoms with van der Waals surface area (Å²) < 4.78 is 18.3. The van der Waals surface area contributed by atoms with E-state index in [1.165, 1.54) is 12.1 Å². The Balaban J connectivity index is 0.00000576. The van der Waals surface area contributed by atoms with Crippen LogP contribution in [0.15, 0.2) is 29.3 Å². The number of guanidine groups is 1. The second kappa shape index (κ2) is 14.9. The molecule has 1 aromatic carbocycles. The SMILES string of the molecule is CCNC(=NCCOCC)NCCNC(=O)Cc1cccc(F)c1.I. The molecule has 0 fully saturated rings. The van der Waals surface area contributed by atoms with Crippen LogP contribution in [0.5, 0.6) is 0 Å². The molecule has 0 aromatic heterocycles. The Kier molecular flexibility index (Phi) is 14.0. The summed E-state index contributed by atoms with van der Waals surface area (Å²) >= 11 is 0. The number of nitrogens with one attached hydrogen (secondary N) is 3. The third kappa shape index (κ3) is 11.7. The van der Waals surface area contributed by atoms with E-state index in [0.29, 0.717) is 44.4 Å². The van der Waals surface area contributed by atoms with Crippen molar-refractivity contribution in [1.29, 1.82) is 0 Å². The van der Waals surface area contributed by atoms with E-state index in [0.717, 1.165) is 6.54 Å². The van der Waals surface area contributed by atoms with Gasteiger partial charge in [0, 0.05) is 26.2 Å². The van der Waals surface area contributed by atoms with Crippen LogP contribution in [0.1, 0.15) is 19.4 Å². The first-order chi connectivity index (χ1) is 11.7. The molecule has 0 aliphatic carbocycles. The average Bonchev–Trinajstić information content (AvgIpc) is 2.55. The molecule has 1 amide bonds. The van der Waals surface area contributed by atoms with Gasteiger partial charge < -0.3 is 20.7 Å². The fraction of sp³-hybridized carbons (Fsp3) is 0.529. The number of rotatable bonds is 10. The van der Waals surface area contributed by atoms with Gasteiger partial charge in [-0.3, -0.25) is 9.79 Å². The van der Waals surface area contributed by atoms with Gasteiger partial charge in [-0.25, -0.2) is 4.39 Å². The number of benzene rings is 1. The molecule has 0 heterocycles. The van der Waals surface area contributed by atoms with Crippen molar-refractivity contribution in [1.82, 2.24) is 16.0 Å². The molecule has 0 spiro atoms. The van der Waals surface area contributed by atoms with E-state index in [2.05, 4.69) is 20.9 Å². The van der Waals surface area contributed by atoms with Crippen LogP contribution in [0, 0.1) is 5.82 Å². The van der Waals surface area contributed by atoms with Crippen molar-refractivity contribution >= 4 is 35.8 Å². The second-order valence-corrected chi connectivity index (χ2v) is 5.04. The minimum absolute atomic E-state index is 0. The molecule has 142 valence electrons. The molecule has 6 nitrogen and oxygen atoms in total. The zero-order valence-corrected chi connectivity index (χ0v) is 17.1. The van der Waals surface area contributed by atoms with Gasteiger partial charge in [0.25, 0.3) is 0 Å². The molecule has 0 aliphatic rings. The third-order valence-corrected chi connectivity index (χ3v) is 3.05. The van der Waals surface area contributed by atoms with Gasteiger partial charge in [0.2, 0.25) is 5.91 Å². The molecular formula is C17H28FIN4O2. The smallest absolute Gasteiger partial charge is 0.224 e. The summed E-state index contributed by atoms with van der Waals surface area (Å²) in [5, 5.41) is 9.05. The number of nitrogens with zero attached hydrogens (tertiary/aromatic N) is 1. The largest absolute Gasteiger partial charge is 0.380 e. The highest BCUT2D eigenvalue weighted by Gasteiger charge is 2.04. The molecule has 0 atom stereocenters. The van der Waals surface area contributed by atoms with Crippen LogP contribution >= 0.6 is 24.0 Å². The first kappa shape index (κ1) is 23.6. The molecule has 3 N–H and O–H groups in total. The van der Waals surface area contributed by atoms with Crippen LogP contribution in [0.3, 0.4) is 0 Å². The number of amides is 1. The molecule has 0 saturated heterocycles. The van der Waals surface area contributed by atoms with Gasteiger partial charge in [0.1, 0.15) is 5.82 Å². The first-order valence-electron chi connectivity index (χ1n) is 8.26. The average molecular weight is 466 g/mol. The van der Waals surface area contributed by atoms with Crippen molar-refractivity contribution in [3.8, 4) is 0 Å². The number of hydrogen-bond donors (Lipinski definition) is 3. The second-order valence-electron chi connectivity index (χ2n) is 5.04. The van der Waals surface area contributed by atoms with Gasteiger partial charge in [-0.1, -0.05) is 12.1 Å². The molecule has 0 aliphatic heterocycles. The van der Waals surface area contributed by atoms with Crippen LogP contribution < -0.4 is 16.0 Å². The van der Waals surface area contributed by atoms with Crippen LogP contribution in [0.2, 0.25) is 0 Å². The highest BCUT2D eigenvalue weighted by Crippen LogP contribution is 2.03. The predicted molar refractivity (Wildman–Crippen MR) is 109 cm³/mol. The quantitative estimate of drug-likeness (QED) is 0.213. The molecule has 1 rings (SSSR count). The Morgan fingerprint density at radius 2 is 1.96 bits per heavy atom. The summed E-state index contributed by atoms with van der Waals surface area (Å²) in [5.74, 6) is 0.220. The summed E-state index contributed by atoms with van der Waals surface area (Å²) in [7, 11) is 0. The van der Waals surface area contributed by atoms with E-state index in [-0.39, 0.29) is 42.1 Å². The molecule has 0 unspecified atom stereocenters. The summed E-state index contributed by atoms with van der Waals surface area (Å²) in [6.45, 7) is 7.54. The maximum atomic E-state index is 13.1. The first-order valence-corrected chi connectivity index (χ1v) is 8.26. The van der Waals surface area contributed by atoms with Crippen molar-refractivity contribution in [3.63, 3.8) is 0 Å². The number of hydrogen-bond acceptors (Lipinski definition) is 3. The van der Waals surface area contributed by atoms with Crippen molar-refractivity contribution in [2.45, 2.75) is 20.3 Å². The number of halogens is 2. The summed E-state index contributed by atoms with van der Waals surface area (Å²) in [4.78, 5) is 16.2. The van der Waals surface area contributed by atoms with Crippen LogP contribution in [-0.2, 0) is 16.0 Å². The summed E-state index contributed by atoms with van der Waals surface area (Å²) in [6.07, 6.45) is 0.167. The minimum Gasteiger partial charge on any atom is -0.380 e. The molecule has 0 radical (unpaired) electrons. The number of carbonyl (C=O) groups is 1. The van der Waals surface area contributed by atoms with Gasteiger partial charge in [-0.2, -0.15) is 0 Å². The zero-order valence-electron chi connectivity index (χ0n) is 14.8. The van der Waals surface area contributed by atoms with Gasteiger partial charge >= 0.3 is 0 Å². The predicted octanol–water partition coefficient (Wildman–Crippen LogP) is 1.69. The van der Waals surface area contributed by atoms with Crippen molar-refractivity contribution in [2.75, 3.05) is 39.4 Å². The highest BCUT2D eigenvalue weighted by molar-refractivity contribution is 14.0. The van der Waals surface area contributed by atoms with E-state index in [9.17, 15) is 9.18 Å². The highest BCUT2D eigenvalue weighted by atomic mass is 127. The maximum absolute atomic E-state index is 13.1. The normalized spacial score (nSPS) is 10.8.